The van der Waals surface area contributed by atoms with E-state index in [1.165, 1.54) is 4.90 Å². The fourth-order valence-electron chi connectivity index (χ4n) is 2.49. The summed E-state index contributed by atoms with van der Waals surface area (Å²) in [7, 11) is 0. The van der Waals surface area contributed by atoms with Crippen molar-refractivity contribution >= 4 is 35.0 Å². The molecule has 1 unspecified atom stereocenters. The fourth-order valence-corrected chi connectivity index (χ4v) is 2.82. The first-order valence-corrected chi connectivity index (χ1v) is 7.73. The smallest absolute Gasteiger partial charge is 0.332 e. The van der Waals surface area contributed by atoms with Crippen molar-refractivity contribution in [3.63, 3.8) is 0 Å². The first kappa shape index (κ1) is 17.6. The Labute approximate surface area is 145 Å². The number of hydrazone groups is 1. The van der Waals surface area contributed by atoms with Gasteiger partial charge < -0.3 is 10.6 Å². The first-order chi connectivity index (χ1) is 11.5. The van der Waals surface area contributed by atoms with Crippen molar-refractivity contribution in [2.24, 2.45) is 10.8 Å². The highest BCUT2D eigenvalue weighted by Gasteiger charge is 2.43. The third-order valence-corrected chi connectivity index (χ3v) is 3.99. The highest BCUT2D eigenvalue weighted by atomic mass is 32.1. The number of carbonyl (C=O) groups excluding carboxylic acids is 2. The van der Waals surface area contributed by atoms with E-state index >= 15 is 0 Å². The molecule has 0 saturated carbocycles. The van der Waals surface area contributed by atoms with Gasteiger partial charge in [0.1, 0.15) is 0 Å². The SMILES string of the molecule is C=CCN1C(=O)C(/C(C)=N/NC(N)=O)N(Cc2ccccc2)C1=S. The highest BCUT2D eigenvalue weighted by molar-refractivity contribution is 7.80. The second kappa shape index (κ2) is 7.69. The van der Waals surface area contributed by atoms with Crippen LogP contribution in [-0.4, -0.2) is 45.1 Å². The van der Waals surface area contributed by atoms with E-state index in [1.54, 1.807) is 17.9 Å². The van der Waals surface area contributed by atoms with Crippen molar-refractivity contribution in [3.05, 3.63) is 48.6 Å². The van der Waals surface area contributed by atoms with E-state index in [0.717, 1.165) is 5.56 Å². The molecule has 3 amide bonds. The normalized spacial score (nSPS) is 18.0. The largest absolute Gasteiger partial charge is 0.350 e. The maximum Gasteiger partial charge on any atom is 0.332 e. The quantitative estimate of drug-likeness (QED) is 0.351. The van der Waals surface area contributed by atoms with Gasteiger partial charge in [0.15, 0.2) is 11.2 Å². The minimum absolute atomic E-state index is 0.205. The molecule has 0 bridgehead atoms. The maximum absolute atomic E-state index is 12.7. The van der Waals surface area contributed by atoms with Crippen LogP contribution in [0.3, 0.4) is 0 Å². The molecule has 2 rings (SSSR count). The number of primary amides is 1. The molecule has 0 aromatic heterocycles. The Morgan fingerprint density at radius 2 is 2.12 bits per heavy atom. The molecule has 8 heteroatoms. The third-order valence-electron chi connectivity index (χ3n) is 3.53. The van der Waals surface area contributed by atoms with Gasteiger partial charge in [-0.3, -0.25) is 9.69 Å². The van der Waals surface area contributed by atoms with Crippen LogP contribution < -0.4 is 11.2 Å². The predicted octanol–water partition coefficient (Wildman–Crippen LogP) is 1.21. The van der Waals surface area contributed by atoms with Crippen molar-refractivity contribution in [3.8, 4) is 0 Å². The van der Waals surface area contributed by atoms with Gasteiger partial charge in [0.2, 0.25) is 0 Å². The molecule has 0 aliphatic carbocycles. The van der Waals surface area contributed by atoms with Gasteiger partial charge in [0.05, 0.1) is 5.71 Å². The molecular formula is C16H19N5O2S. The van der Waals surface area contributed by atoms with Gasteiger partial charge in [0, 0.05) is 13.1 Å². The minimum Gasteiger partial charge on any atom is -0.350 e. The number of amides is 3. The van der Waals surface area contributed by atoms with Crippen LogP contribution >= 0.6 is 12.2 Å². The van der Waals surface area contributed by atoms with Gasteiger partial charge in [-0.05, 0) is 24.7 Å². The molecular weight excluding hydrogens is 326 g/mol. The molecule has 1 saturated heterocycles. The van der Waals surface area contributed by atoms with E-state index in [4.69, 9.17) is 18.0 Å². The summed E-state index contributed by atoms with van der Waals surface area (Å²) in [4.78, 5) is 26.8. The standard InChI is InChI=1S/C16H19N5O2S/c1-3-9-20-14(22)13(11(2)18-19-15(17)23)21(16(20)24)10-12-7-5-4-6-8-12/h3-8,13H,1,9-10H2,2H3,(H3,17,19,23)/b18-11+. The zero-order valence-corrected chi connectivity index (χ0v) is 14.1. The molecule has 126 valence electrons. The van der Waals surface area contributed by atoms with Crippen molar-refractivity contribution < 1.29 is 9.59 Å². The molecule has 0 radical (unpaired) electrons. The Hall–Kier alpha value is -2.74. The topological polar surface area (TPSA) is 91.0 Å². The molecule has 1 aromatic carbocycles. The zero-order chi connectivity index (χ0) is 17.7. The lowest BCUT2D eigenvalue weighted by atomic mass is 10.1. The molecule has 3 N–H and O–H groups in total. The third kappa shape index (κ3) is 3.77. The number of carbonyl (C=O) groups is 2. The van der Waals surface area contributed by atoms with Gasteiger partial charge in [-0.25, -0.2) is 10.2 Å². The van der Waals surface area contributed by atoms with Crippen LogP contribution in [-0.2, 0) is 11.3 Å². The van der Waals surface area contributed by atoms with Gasteiger partial charge >= 0.3 is 6.03 Å². The van der Waals surface area contributed by atoms with E-state index in [0.29, 0.717) is 23.9 Å². The summed E-state index contributed by atoms with van der Waals surface area (Å²) in [6.07, 6.45) is 1.61. The number of urea groups is 1. The van der Waals surface area contributed by atoms with E-state index in [1.807, 2.05) is 30.3 Å². The van der Waals surface area contributed by atoms with Crippen LogP contribution in [0, 0.1) is 0 Å². The Morgan fingerprint density at radius 1 is 1.46 bits per heavy atom. The Morgan fingerprint density at radius 3 is 2.71 bits per heavy atom. The molecule has 7 nitrogen and oxygen atoms in total. The van der Waals surface area contributed by atoms with Gasteiger partial charge in [0.25, 0.3) is 5.91 Å². The number of thiocarbonyl (C=S) groups is 1. The Bertz CT molecular complexity index is 689. The monoisotopic (exact) mass is 345 g/mol. The summed E-state index contributed by atoms with van der Waals surface area (Å²) in [5.41, 5.74) is 8.60. The average molecular weight is 345 g/mol. The lowest BCUT2D eigenvalue weighted by molar-refractivity contribution is -0.126. The van der Waals surface area contributed by atoms with Crippen LogP contribution in [0.1, 0.15) is 12.5 Å². The van der Waals surface area contributed by atoms with Gasteiger partial charge in [-0.1, -0.05) is 36.4 Å². The first-order valence-electron chi connectivity index (χ1n) is 7.32. The molecule has 1 aliphatic rings. The lowest BCUT2D eigenvalue weighted by Crippen LogP contribution is -2.41. The van der Waals surface area contributed by atoms with Crippen molar-refractivity contribution in [2.45, 2.75) is 19.5 Å². The summed E-state index contributed by atoms with van der Waals surface area (Å²) >= 11 is 5.45. The maximum atomic E-state index is 12.7. The number of benzene rings is 1. The van der Waals surface area contributed by atoms with Crippen LogP contribution in [0.4, 0.5) is 4.79 Å². The van der Waals surface area contributed by atoms with E-state index in [2.05, 4.69) is 17.1 Å². The van der Waals surface area contributed by atoms with Crippen molar-refractivity contribution in [2.75, 3.05) is 6.54 Å². The van der Waals surface area contributed by atoms with Crippen LogP contribution in [0.2, 0.25) is 0 Å². The molecule has 1 fully saturated rings. The molecule has 1 atom stereocenters. The number of rotatable bonds is 6. The molecule has 1 aromatic rings. The van der Waals surface area contributed by atoms with E-state index in [9.17, 15) is 9.59 Å². The fraction of sp³-hybridized carbons (Fsp3) is 0.250. The Kier molecular flexibility index (Phi) is 5.64. The number of hydrogen-bond acceptors (Lipinski definition) is 4. The second-order valence-electron chi connectivity index (χ2n) is 5.27. The van der Waals surface area contributed by atoms with Gasteiger partial charge in [-0.2, -0.15) is 5.10 Å². The van der Waals surface area contributed by atoms with Gasteiger partial charge in [-0.15, -0.1) is 6.58 Å². The summed E-state index contributed by atoms with van der Waals surface area (Å²) < 4.78 is 0. The Balaban J connectivity index is 2.32. The van der Waals surface area contributed by atoms with Crippen LogP contribution in [0.5, 0.6) is 0 Å². The lowest BCUT2D eigenvalue weighted by Gasteiger charge is -2.23. The summed E-state index contributed by atoms with van der Waals surface area (Å²) in [5.74, 6) is -0.205. The molecule has 1 aliphatic heterocycles. The summed E-state index contributed by atoms with van der Waals surface area (Å²) in [6, 6.07) is 8.18. The number of hydrogen-bond donors (Lipinski definition) is 2. The molecule has 1 heterocycles. The van der Waals surface area contributed by atoms with Crippen molar-refractivity contribution in [1.29, 1.82) is 0 Å². The summed E-state index contributed by atoms with van der Waals surface area (Å²) in [6.45, 7) is 6.07. The number of nitrogens with two attached hydrogens (primary N) is 1. The average Bonchev–Trinajstić information content (AvgIpc) is 2.78. The number of nitrogens with one attached hydrogen (secondary N) is 1. The highest BCUT2D eigenvalue weighted by Crippen LogP contribution is 2.22. The zero-order valence-electron chi connectivity index (χ0n) is 13.3. The second-order valence-corrected chi connectivity index (χ2v) is 5.63. The van der Waals surface area contributed by atoms with Crippen molar-refractivity contribution in [1.82, 2.24) is 15.2 Å². The molecule has 0 spiro atoms. The van der Waals surface area contributed by atoms with E-state index < -0.39 is 12.1 Å². The minimum atomic E-state index is -0.792. The van der Waals surface area contributed by atoms with E-state index in [-0.39, 0.29) is 5.91 Å². The molecule has 24 heavy (non-hydrogen) atoms. The predicted molar refractivity (Wildman–Crippen MR) is 96.1 cm³/mol. The number of nitrogens with zero attached hydrogens (tertiary/aromatic N) is 3. The van der Waals surface area contributed by atoms with Crippen LogP contribution in [0.25, 0.3) is 0 Å². The van der Waals surface area contributed by atoms with Crippen LogP contribution in [0.15, 0.2) is 48.1 Å². The summed E-state index contributed by atoms with van der Waals surface area (Å²) in [5, 5.41) is 4.30.